The van der Waals surface area contributed by atoms with E-state index < -0.39 is 0 Å². The van der Waals surface area contributed by atoms with Gasteiger partial charge in [0.15, 0.2) is 0 Å². The lowest BCUT2D eigenvalue weighted by Gasteiger charge is -2.15. The van der Waals surface area contributed by atoms with Gasteiger partial charge in [-0.3, -0.25) is 0 Å². The maximum atomic E-state index is 2.41. The van der Waals surface area contributed by atoms with Gasteiger partial charge in [-0.1, -0.05) is 153 Å². The fraction of sp³-hybridized carbons (Fsp3) is 0.0400. The van der Waals surface area contributed by atoms with Gasteiger partial charge in [0.1, 0.15) is 0 Å². The molecule has 0 heterocycles. The zero-order valence-corrected chi connectivity index (χ0v) is 28.0. The molecule has 10 rings (SSSR count). The first-order valence-electron chi connectivity index (χ1n) is 17.6. The van der Waals surface area contributed by atoms with E-state index >= 15 is 0 Å². The highest BCUT2D eigenvalue weighted by molar-refractivity contribution is 6.27. The molecule has 0 fully saturated rings. The number of rotatable bonds is 4. The van der Waals surface area contributed by atoms with Gasteiger partial charge < -0.3 is 0 Å². The fourth-order valence-electron chi connectivity index (χ4n) is 8.23. The number of hydrogen-bond acceptors (Lipinski definition) is 0. The van der Waals surface area contributed by atoms with Crippen molar-refractivity contribution in [2.45, 2.75) is 13.3 Å². The largest absolute Gasteiger partial charge is 0.0616 e. The second-order valence-electron chi connectivity index (χ2n) is 13.6. The zero-order chi connectivity index (χ0) is 33.2. The molecule has 0 aliphatic heterocycles. The number of aryl methyl sites for hydroxylation is 1. The van der Waals surface area contributed by atoms with Crippen LogP contribution in [0.3, 0.4) is 0 Å². The van der Waals surface area contributed by atoms with E-state index in [9.17, 15) is 0 Å². The molecule has 0 heteroatoms. The Labute approximate surface area is 291 Å². The Morgan fingerprint density at radius 2 is 0.520 bits per heavy atom. The minimum absolute atomic E-state index is 1.03. The van der Waals surface area contributed by atoms with Gasteiger partial charge in [0.25, 0.3) is 0 Å². The van der Waals surface area contributed by atoms with Crippen LogP contribution in [0.2, 0.25) is 0 Å². The third-order valence-electron chi connectivity index (χ3n) is 10.8. The Morgan fingerprint density at radius 1 is 0.240 bits per heavy atom. The lowest BCUT2D eigenvalue weighted by atomic mass is 9.88. The molecule has 10 aromatic rings. The number of fused-ring (bicyclic) bond motifs is 12. The second kappa shape index (κ2) is 11.4. The number of hydrogen-bond donors (Lipinski definition) is 0. The Kier molecular flexibility index (Phi) is 6.57. The molecule has 10 aromatic carbocycles. The van der Waals surface area contributed by atoms with E-state index in [2.05, 4.69) is 183 Å². The van der Waals surface area contributed by atoms with E-state index in [-0.39, 0.29) is 0 Å². The first-order valence-corrected chi connectivity index (χ1v) is 17.6. The van der Waals surface area contributed by atoms with Crippen molar-refractivity contribution in [1.82, 2.24) is 0 Å². The molecular weight excluding hydrogens is 601 g/mol. The summed E-state index contributed by atoms with van der Waals surface area (Å²) in [5.74, 6) is 0. The summed E-state index contributed by atoms with van der Waals surface area (Å²) in [5.41, 5.74) is 8.71. The molecule has 0 unspecified atom stereocenters. The summed E-state index contributed by atoms with van der Waals surface area (Å²) in [6.45, 7) is 2.22. The summed E-state index contributed by atoms with van der Waals surface area (Å²) in [6.07, 6.45) is 1.03. The molecule has 50 heavy (non-hydrogen) atoms. The van der Waals surface area contributed by atoms with Crippen molar-refractivity contribution in [2.75, 3.05) is 0 Å². The molecule has 0 nitrogen and oxygen atoms in total. The molecule has 0 amide bonds. The average molecular weight is 635 g/mol. The summed E-state index contributed by atoms with van der Waals surface area (Å²) >= 11 is 0. The van der Waals surface area contributed by atoms with E-state index in [0.717, 1.165) is 6.42 Å². The van der Waals surface area contributed by atoms with Crippen LogP contribution in [0.4, 0.5) is 0 Å². The van der Waals surface area contributed by atoms with Crippen LogP contribution in [0.1, 0.15) is 12.5 Å². The summed E-state index contributed by atoms with van der Waals surface area (Å²) < 4.78 is 0. The van der Waals surface area contributed by atoms with E-state index in [1.54, 1.807) is 0 Å². The first-order chi connectivity index (χ1) is 24.7. The van der Waals surface area contributed by atoms with Crippen molar-refractivity contribution in [3.63, 3.8) is 0 Å². The van der Waals surface area contributed by atoms with Crippen molar-refractivity contribution in [2.24, 2.45) is 0 Å². The minimum Gasteiger partial charge on any atom is -0.0616 e. The Hall–Kier alpha value is -6.24. The van der Waals surface area contributed by atoms with Crippen molar-refractivity contribution >= 4 is 64.6 Å². The van der Waals surface area contributed by atoms with Crippen molar-refractivity contribution in [3.05, 3.63) is 181 Å². The van der Waals surface area contributed by atoms with Crippen LogP contribution in [-0.2, 0) is 6.42 Å². The maximum Gasteiger partial charge on any atom is -0.00928 e. The standard InChI is InChI=1S/C50H34/c1-2-32-19-21-33(22-20-32)36-27-37(34-23-25-47-43-15-5-3-11-39(43)41-13-7-9-17-45(41)49(47)30-34)29-38(28-36)35-24-26-48-44-16-6-4-12-40(44)42-14-8-10-18-46(42)50(48)31-35/h3-31H,2H2,1H3. The van der Waals surface area contributed by atoms with E-state index in [0.29, 0.717) is 0 Å². The van der Waals surface area contributed by atoms with Gasteiger partial charge in [-0.05, 0) is 140 Å². The van der Waals surface area contributed by atoms with Crippen molar-refractivity contribution in [1.29, 1.82) is 0 Å². The van der Waals surface area contributed by atoms with Gasteiger partial charge in [0, 0.05) is 0 Å². The topological polar surface area (TPSA) is 0 Å². The molecule has 0 spiro atoms. The van der Waals surface area contributed by atoms with E-state index in [4.69, 9.17) is 0 Å². The third kappa shape index (κ3) is 4.53. The molecule has 0 aromatic heterocycles. The number of benzene rings is 10. The Balaban J connectivity index is 1.22. The highest BCUT2D eigenvalue weighted by Gasteiger charge is 2.14. The predicted octanol–water partition coefficient (Wildman–Crippen LogP) is 14.2. The van der Waals surface area contributed by atoms with E-state index in [1.807, 2.05) is 0 Å². The molecular formula is C50H34. The molecule has 0 radical (unpaired) electrons. The highest BCUT2D eigenvalue weighted by Crippen LogP contribution is 2.41. The molecule has 0 aliphatic rings. The Morgan fingerprint density at radius 3 is 0.860 bits per heavy atom. The first kappa shape index (κ1) is 28.7. The molecule has 0 aliphatic carbocycles. The van der Waals surface area contributed by atoms with Crippen LogP contribution in [-0.4, -0.2) is 0 Å². The molecule has 0 saturated carbocycles. The van der Waals surface area contributed by atoms with Gasteiger partial charge in [0.05, 0.1) is 0 Å². The molecule has 0 atom stereocenters. The van der Waals surface area contributed by atoms with Crippen LogP contribution < -0.4 is 0 Å². The van der Waals surface area contributed by atoms with Crippen LogP contribution in [0.15, 0.2) is 176 Å². The molecule has 0 bridgehead atoms. The third-order valence-corrected chi connectivity index (χ3v) is 10.8. The fourth-order valence-corrected chi connectivity index (χ4v) is 8.23. The van der Waals surface area contributed by atoms with Crippen LogP contribution >= 0.6 is 0 Å². The zero-order valence-electron chi connectivity index (χ0n) is 28.0. The van der Waals surface area contributed by atoms with Crippen LogP contribution in [0.5, 0.6) is 0 Å². The summed E-state index contributed by atoms with van der Waals surface area (Å²) in [5, 5.41) is 15.6. The minimum atomic E-state index is 1.03. The molecule has 0 N–H and O–H groups in total. The highest BCUT2D eigenvalue weighted by atomic mass is 14.2. The summed E-state index contributed by atoms with van der Waals surface area (Å²) in [6, 6.07) is 65.6. The van der Waals surface area contributed by atoms with Crippen LogP contribution in [0.25, 0.3) is 98.0 Å². The van der Waals surface area contributed by atoms with Gasteiger partial charge in [-0.2, -0.15) is 0 Å². The van der Waals surface area contributed by atoms with Crippen molar-refractivity contribution < 1.29 is 0 Å². The maximum absolute atomic E-state index is 2.41. The Bertz CT molecular complexity index is 2700. The van der Waals surface area contributed by atoms with Crippen molar-refractivity contribution in [3.8, 4) is 33.4 Å². The average Bonchev–Trinajstić information content (AvgIpc) is 3.20. The lowest BCUT2D eigenvalue weighted by Crippen LogP contribution is -1.89. The predicted molar refractivity (Wildman–Crippen MR) is 217 cm³/mol. The van der Waals surface area contributed by atoms with E-state index in [1.165, 1.54) is 104 Å². The monoisotopic (exact) mass is 634 g/mol. The van der Waals surface area contributed by atoms with Gasteiger partial charge in [0.2, 0.25) is 0 Å². The normalized spacial score (nSPS) is 11.8. The SMILES string of the molecule is CCc1ccc(-c2cc(-c3ccc4c5ccccc5c5ccccc5c4c3)cc(-c3ccc4c5ccccc5c5ccccc5c4c3)c2)cc1. The van der Waals surface area contributed by atoms with Gasteiger partial charge in [-0.25, -0.2) is 0 Å². The second-order valence-corrected chi connectivity index (χ2v) is 13.6. The summed E-state index contributed by atoms with van der Waals surface area (Å²) in [7, 11) is 0. The summed E-state index contributed by atoms with van der Waals surface area (Å²) in [4.78, 5) is 0. The lowest BCUT2D eigenvalue weighted by molar-refractivity contribution is 1.14. The van der Waals surface area contributed by atoms with Gasteiger partial charge in [-0.15, -0.1) is 0 Å². The van der Waals surface area contributed by atoms with Crippen LogP contribution in [0, 0.1) is 0 Å². The smallest absolute Gasteiger partial charge is 0.00928 e. The molecule has 0 saturated heterocycles. The molecule has 234 valence electrons. The van der Waals surface area contributed by atoms with Gasteiger partial charge >= 0.3 is 0 Å². The quantitative estimate of drug-likeness (QED) is 0.169.